The highest BCUT2D eigenvalue weighted by molar-refractivity contribution is 6.46. The monoisotopic (exact) mass is 470 g/mol. The van der Waals surface area contributed by atoms with Crippen LogP contribution in [0.3, 0.4) is 0 Å². The highest BCUT2D eigenvalue weighted by atomic mass is 16.7. The zero-order valence-corrected chi connectivity index (χ0v) is 19.8. The SMILES string of the molecule is CC(C)(C)c1ccc(C2/C(=C(\O)c3ccc4c(c3)OCO4)C(=O)C(=O)N2Cc2cccnc2)cc1. The van der Waals surface area contributed by atoms with Crippen molar-refractivity contribution in [1.82, 2.24) is 9.88 Å². The second-order valence-corrected chi connectivity index (χ2v) is 9.73. The molecule has 5 rings (SSSR count). The summed E-state index contributed by atoms with van der Waals surface area (Å²) in [4.78, 5) is 32.1. The van der Waals surface area contributed by atoms with Gasteiger partial charge < -0.3 is 19.5 Å². The van der Waals surface area contributed by atoms with Gasteiger partial charge in [-0.3, -0.25) is 14.6 Å². The maximum atomic E-state index is 13.3. The smallest absolute Gasteiger partial charge is 0.295 e. The topological polar surface area (TPSA) is 89.0 Å². The molecule has 2 aliphatic heterocycles. The molecule has 0 radical (unpaired) electrons. The number of likely N-dealkylation sites (tertiary alicyclic amines) is 1. The van der Waals surface area contributed by atoms with Gasteiger partial charge in [0, 0.05) is 24.5 Å². The maximum Gasteiger partial charge on any atom is 0.295 e. The molecular weight excluding hydrogens is 444 g/mol. The van der Waals surface area contributed by atoms with E-state index >= 15 is 0 Å². The first-order valence-corrected chi connectivity index (χ1v) is 11.4. The van der Waals surface area contributed by atoms with Crippen LogP contribution in [0.15, 0.2) is 72.6 Å². The molecule has 1 unspecified atom stereocenters. The first-order chi connectivity index (χ1) is 16.7. The fraction of sp³-hybridized carbons (Fsp3) is 0.250. The summed E-state index contributed by atoms with van der Waals surface area (Å²) in [6.45, 7) is 6.64. The van der Waals surface area contributed by atoms with E-state index in [0.717, 1.165) is 16.7 Å². The number of aromatic nitrogens is 1. The molecule has 3 heterocycles. The average molecular weight is 471 g/mol. The molecule has 1 atom stereocenters. The van der Waals surface area contributed by atoms with Gasteiger partial charge in [-0.15, -0.1) is 0 Å². The molecule has 0 saturated carbocycles. The Bertz CT molecular complexity index is 1320. The molecular formula is C28H26N2O5. The van der Waals surface area contributed by atoms with E-state index in [1.54, 1.807) is 36.7 Å². The summed E-state index contributed by atoms with van der Waals surface area (Å²) in [5, 5.41) is 11.3. The van der Waals surface area contributed by atoms with Gasteiger partial charge in [-0.1, -0.05) is 51.1 Å². The van der Waals surface area contributed by atoms with Gasteiger partial charge in [0.1, 0.15) is 5.76 Å². The Hall–Kier alpha value is -4.13. The largest absolute Gasteiger partial charge is 0.507 e. The summed E-state index contributed by atoms with van der Waals surface area (Å²) in [6.07, 6.45) is 3.32. The quantitative estimate of drug-likeness (QED) is 0.337. The molecule has 35 heavy (non-hydrogen) atoms. The molecule has 0 aliphatic carbocycles. The average Bonchev–Trinajstić information content (AvgIpc) is 3.42. The number of ether oxygens (including phenoxy) is 2. The second kappa shape index (κ2) is 8.58. The maximum absolute atomic E-state index is 13.3. The summed E-state index contributed by atoms with van der Waals surface area (Å²) in [5.41, 5.74) is 3.02. The predicted octanol–water partition coefficient (Wildman–Crippen LogP) is 4.73. The Morgan fingerprint density at radius 1 is 1.06 bits per heavy atom. The van der Waals surface area contributed by atoms with Crippen LogP contribution in [-0.4, -0.2) is 33.5 Å². The number of hydrogen-bond donors (Lipinski definition) is 1. The molecule has 178 valence electrons. The third kappa shape index (κ3) is 4.14. The van der Waals surface area contributed by atoms with Gasteiger partial charge >= 0.3 is 0 Å². The fourth-order valence-corrected chi connectivity index (χ4v) is 4.44. The Balaban J connectivity index is 1.63. The molecule has 1 N–H and O–H groups in total. The van der Waals surface area contributed by atoms with E-state index in [1.807, 2.05) is 30.3 Å². The van der Waals surface area contributed by atoms with Gasteiger partial charge in [0.15, 0.2) is 11.5 Å². The van der Waals surface area contributed by atoms with Gasteiger partial charge in [0.2, 0.25) is 6.79 Å². The number of amides is 1. The summed E-state index contributed by atoms with van der Waals surface area (Å²) >= 11 is 0. The summed E-state index contributed by atoms with van der Waals surface area (Å²) in [6, 6.07) is 15.7. The molecule has 0 spiro atoms. The molecule has 7 nitrogen and oxygen atoms in total. The van der Waals surface area contributed by atoms with Gasteiger partial charge in [-0.05, 0) is 46.4 Å². The van der Waals surface area contributed by atoms with Crippen LogP contribution in [0.1, 0.15) is 49.1 Å². The predicted molar refractivity (Wildman–Crippen MR) is 130 cm³/mol. The lowest BCUT2D eigenvalue weighted by Gasteiger charge is -2.26. The van der Waals surface area contributed by atoms with Gasteiger partial charge in [-0.2, -0.15) is 0 Å². The number of hydrogen-bond acceptors (Lipinski definition) is 6. The van der Waals surface area contributed by atoms with Crippen LogP contribution in [-0.2, 0) is 21.5 Å². The van der Waals surface area contributed by atoms with E-state index in [-0.39, 0.29) is 30.1 Å². The molecule has 2 aliphatic rings. The standard InChI is InChI=1S/C28H26N2O5/c1-28(2,3)20-9-6-18(7-10-20)24-23(25(31)19-8-11-21-22(13-19)35-16-34-21)26(32)27(33)30(24)15-17-5-4-12-29-14-17/h4-14,24,31H,15-16H2,1-3H3/b25-23+. The van der Waals surface area contributed by atoms with Crippen LogP contribution < -0.4 is 9.47 Å². The molecule has 0 bridgehead atoms. The van der Waals surface area contributed by atoms with Gasteiger partial charge in [-0.25, -0.2) is 0 Å². The van der Waals surface area contributed by atoms with Crippen molar-refractivity contribution < 1.29 is 24.2 Å². The lowest BCUT2D eigenvalue weighted by atomic mass is 9.85. The molecule has 7 heteroatoms. The Labute approximate surface area is 203 Å². The number of pyridine rings is 1. The third-order valence-corrected chi connectivity index (χ3v) is 6.35. The lowest BCUT2D eigenvalue weighted by Crippen LogP contribution is -2.29. The molecule has 3 aromatic rings. The van der Waals surface area contributed by atoms with Crippen LogP contribution >= 0.6 is 0 Å². The van der Waals surface area contributed by atoms with Crippen LogP contribution in [0.2, 0.25) is 0 Å². The first-order valence-electron chi connectivity index (χ1n) is 11.4. The number of Topliss-reactive ketones (excluding diaryl/α,β-unsaturated/α-hetero) is 1. The number of carbonyl (C=O) groups is 2. The van der Waals surface area contributed by atoms with Crippen LogP contribution in [0.5, 0.6) is 11.5 Å². The number of aliphatic hydroxyl groups excluding tert-OH is 1. The molecule has 1 aromatic heterocycles. The molecule has 2 aromatic carbocycles. The highest BCUT2D eigenvalue weighted by Gasteiger charge is 2.46. The van der Waals surface area contributed by atoms with Crippen molar-refractivity contribution in [3.05, 3.63) is 94.8 Å². The first kappa shape index (κ1) is 22.7. The fourth-order valence-electron chi connectivity index (χ4n) is 4.44. The number of rotatable bonds is 4. The van der Waals surface area contributed by atoms with Gasteiger partial charge in [0.05, 0.1) is 11.6 Å². The lowest BCUT2D eigenvalue weighted by molar-refractivity contribution is -0.140. The van der Waals surface area contributed by atoms with E-state index in [9.17, 15) is 14.7 Å². The Kier molecular flexibility index (Phi) is 5.55. The van der Waals surface area contributed by atoms with Crippen LogP contribution in [0.4, 0.5) is 0 Å². The Morgan fingerprint density at radius 3 is 2.49 bits per heavy atom. The second-order valence-electron chi connectivity index (χ2n) is 9.73. The number of carbonyl (C=O) groups excluding carboxylic acids is 2. The van der Waals surface area contributed by atoms with Crippen LogP contribution in [0, 0.1) is 0 Å². The van der Waals surface area contributed by atoms with Crippen molar-refractivity contribution in [3.8, 4) is 11.5 Å². The number of benzene rings is 2. The van der Waals surface area contributed by atoms with E-state index in [4.69, 9.17) is 9.47 Å². The number of nitrogens with zero attached hydrogens (tertiary/aromatic N) is 2. The minimum absolute atomic E-state index is 0.0428. The van der Waals surface area contributed by atoms with Crippen LogP contribution in [0.25, 0.3) is 5.76 Å². The molecule has 1 saturated heterocycles. The summed E-state index contributed by atoms with van der Waals surface area (Å²) in [5.74, 6) is -0.604. The normalized spacial score (nSPS) is 18.8. The van der Waals surface area contributed by atoms with E-state index in [1.165, 1.54) is 4.90 Å². The minimum atomic E-state index is -0.755. The zero-order valence-electron chi connectivity index (χ0n) is 19.8. The molecule has 1 fully saturated rings. The third-order valence-electron chi connectivity index (χ3n) is 6.35. The van der Waals surface area contributed by atoms with E-state index in [0.29, 0.717) is 17.1 Å². The van der Waals surface area contributed by atoms with Crippen molar-refractivity contribution >= 4 is 17.4 Å². The van der Waals surface area contributed by atoms with Crippen molar-refractivity contribution in [2.24, 2.45) is 0 Å². The zero-order chi connectivity index (χ0) is 24.7. The highest BCUT2D eigenvalue weighted by Crippen LogP contribution is 2.42. The summed E-state index contributed by atoms with van der Waals surface area (Å²) in [7, 11) is 0. The van der Waals surface area contributed by atoms with Crippen molar-refractivity contribution in [2.75, 3.05) is 6.79 Å². The minimum Gasteiger partial charge on any atom is -0.507 e. The number of fused-ring (bicyclic) bond motifs is 1. The number of ketones is 1. The van der Waals surface area contributed by atoms with Crippen molar-refractivity contribution in [3.63, 3.8) is 0 Å². The van der Waals surface area contributed by atoms with E-state index < -0.39 is 17.7 Å². The van der Waals surface area contributed by atoms with E-state index in [2.05, 4.69) is 25.8 Å². The number of aliphatic hydroxyl groups is 1. The summed E-state index contributed by atoms with van der Waals surface area (Å²) < 4.78 is 10.8. The van der Waals surface area contributed by atoms with Gasteiger partial charge in [0.25, 0.3) is 11.7 Å². The Morgan fingerprint density at radius 2 is 1.80 bits per heavy atom. The van der Waals surface area contributed by atoms with Crippen molar-refractivity contribution in [2.45, 2.75) is 38.8 Å². The van der Waals surface area contributed by atoms with Crippen molar-refractivity contribution in [1.29, 1.82) is 0 Å². The molecule has 1 amide bonds.